The van der Waals surface area contributed by atoms with Crippen LogP contribution in [0.3, 0.4) is 0 Å². The Morgan fingerprint density at radius 2 is 2.12 bits per heavy atom. The van der Waals surface area contributed by atoms with E-state index in [4.69, 9.17) is 0 Å². The summed E-state index contributed by atoms with van der Waals surface area (Å²) in [6.45, 7) is 4.18. The van der Waals surface area contributed by atoms with E-state index >= 15 is 0 Å². The molecule has 1 N–H and O–H groups in total. The summed E-state index contributed by atoms with van der Waals surface area (Å²) in [4.78, 5) is 13.9. The zero-order valence-electron chi connectivity index (χ0n) is 10.4. The second-order valence-corrected chi connectivity index (χ2v) is 4.63. The van der Waals surface area contributed by atoms with Crippen LogP contribution in [0.5, 0.6) is 0 Å². The van der Waals surface area contributed by atoms with E-state index in [0.29, 0.717) is 6.42 Å². The Morgan fingerprint density at radius 3 is 2.71 bits per heavy atom. The highest BCUT2D eigenvalue weighted by Crippen LogP contribution is 2.32. The highest BCUT2D eigenvalue weighted by atomic mass is 16.3. The third-order valence-electron chi connectivity index (χ3n) is 3.66. The van der Waals surface area contributed by atoms with Gasteiger partial charge in [0.25, 0.3) is 0 Å². The summed E-state index contributed by atoms with van der Waals surface area (Å²) in [6, 6.07) is 8.09. The fourth-order valence-corrected chi connectivity index (χ4v) is 2.55. The highest BCUT2D eigenvalue weighted by molar-refractivity contribution is 5.97. The number of benzene rings is 1. The molecule has 2 rings (SSSR count). The predicted octanol–water partition coefficient (Wildman–Crippen LogP) is 1.98. The van der Waals surface area contributed by atoms with Crippen molar-refractivity contribution in [3.05, 3.63) is 29.8 Å². The molecule has 1 aromatic carbocycles. The quantitative estimate of drug-likeness (QED) is 0.867. The lowest BCUT2D eigenvalue weighted by atomic mass is 10.0. The molecule has 3 heteroatoms. The standard InChI is InChI=1S/C14H19NO2/c1-3-11-6-4-5-7-13(11)15-10(2)12(9-16)8-14(15)17/h4-7,10,12,16H,3,8-9H2,1-2H3. The Hall–Kier alpha value is -1.35. The number of carbonyl (C=O) groups is 1. The normalized spacial score (nSPS) is 24.4. The lowest BCUT2D eigenvalue weighted by molar-refractivity contribution is -0.117. The number of aliphatic hydroxyl groups excluding tert-OH is 1. The Kier molecular flexibility index (Phi) is 3.48. The van der Waals surface area contributed by atoms with Crippen LogP contribution in [-0.2, 0) is 11.2 Å². The van der Waals surface area contributed by atoms with Crippen LogP contribution in [0.2, 0.25) is 0 Å². The van der Waals surface area contributed by atoms with E-state index in [0.717, 1.165) is 12.1 Å². The van der Waals surface area contributed by atoms with Gasteiger partial charge in [0, 0.05) is 30.7 Å². The number of aryl methyl sites for hydroxylation is 1. The van der Waals surface area contributed by atoms with Crippen molar-refractivity contribution in [2.75, 3.05) is 11.5 Å². The molecule has 2 atom stereocenters. The van der Waals surface area contributed by atoms with E-state index in [9.17, 15) is 9.90 Å². The van der Waals surface area contributed by atoms with Gasteiger partial charge >= 0.3 is 0 Å². The second kappa shape index (κ2) is 4.88. The molecule has 1 amide bonds. The second-order valence-electron chi connectivity index (χ2n) is 4.63. The molecule has 17 heavy (non-hydrogen) atoms. The highest BCUT2D eigenvalue weighted by Gasteiger charge is 2.37. The first-order valence-corrected chi connectivity index (χ1v) is 6.19. The lowest BCUT2D eigenvalue weighted by Crippen LogP contribution is -2.34. The first-order chi connectivity index (χ1) is 8.19. The fraction of sp³-hybridized carbons (Fsp3) is 0.500. The minimum atomic E-state index is 0.0624. The minimum Gasteiger partial charge on any atom is -0.396 e. The number of hydrogen-bond donors (Lipinski definition) is 1. The Morgan fingerprint density at radius 1 is 1.41 bits per heavy atom. The van der Waals surface area contributed by atoms with Crippen molar-refractivity contribution in [2.45, 2.75) is 32.7 Å². The van der Waals surface area contributed by atoms with Gasteiger partial charge in [-0.1, -0.05) is 25.1 Å². The third-order valence-corrected chi connectivity index (χ3v) is 3.66. The summed E-state index contributed by atoms with van der Waals surface area (Å²) in [5.41, 5.74) is 2.19. The van der Waals surface area contributed by atoms with Crippen molar-refractivity contribution in [1.29, 1.82) is 0 Å². The Balaban J connectivity index is 2.36. The summed E-state index contributed by atoms with van der Waals surface area (Å²) in [7, 11) is 0. The number of rotatable bonds is 3. The van der Waals surface area contributed by atoms with Crippen molar-refractivity contribution in [2.24, 2.45) is 5.92 Å². The number of aliphatic hydroxyl groups is 1. The number of nitrogens with zero attached hydrogens (tertiary/aromatic N) is 1. The topological polar surface area (TPSA) is 40.5 Å². The minimum absolute atomic E-state index is 0.0624. The molecule has 1 heterocycles. The van der Waals surface area contributed by atoms with Crippen LogP contribution in [0.25, 0.3) is 0 Å². The molecule has 92 valence electrons. The molecule has 1 aliphatic rings. The van der Waals surface area contributed by atoms with Gasteiger partial charge in [0.05, 0.1) is 0 Å². The molecule has 1 aliphatic heterocycles. The number of amides is 1. The van der Waals surface area contributed by atoms with Gasteiger partial charge in [-0.2, -0.15) is 0 Å². The summed E-state index contributed by atoms with van der Waals surface area (Å²) >= 11 is 0. The third kappa shape index (κ3) is 2.07. The monoisotopic (exact) mass is 233 g/mol. The van der Waals surface area contributed by atoms with Crippen molar-refractivity contribution >= 4 is 11.6 Å². The Labute approximate surface area is 102 Å². The van der Waals surface area contributed by atoms with Crippen LogP contribution < -0.4 is 4.90 Å². The first kappa shape index (κ1) is 12.1. The molecule has 0 bridgehead atoms. The zero-order chi connectivity index (χ0) is 12.4. The van der Waals surface area contributed by atoms with Gasteiger partial charge in [-0.15, -0.1) is 0 Å². The maximum absolute atomic E-state index is 12.0. The predicted molar refractivity (Wildman–Crippen MR) is 68.0 cm³/mol. The molecule has 0 spiro atoms. The van der Waals surface area contributed by atoms with E-state index in [1.54, 1.807) is 0 Å². The summed E-state index contributed by atoms with van der Waals surface area (Å²) in [5, 5.41) is 9.27. The molecule has 1 saturated heterocycles. The summed E-state index contributed by atoms with van der Waals surface area (Å²) in [5.74, 6) is 0.185. The van der Waals surface area contributed by atoms with Gasteiger partial charge in [-0.25, -0.2) is 0 Å². The molecule has 2 unspecified atom stereocenters. The average molecular weight is 233 g/mol. The zero-order valence-corrected chi connectivity index (χ0v) is 10.4. The van der Waals surface area contributed by atoms with Gasteiger partial charge in [0.2, 0.25) is 5.91 Å². The van der Waals surface area contributed by atoms with E-state index in [-0.39, 0.29) is 24.5 Å². The van der Waals surface area contributed by atoms with Crippen LogP contribution in [0.1, 0.15) is 25.8 Å². The largest absolute Gasteiger partial charge is 0.396 e. The van der Waals surface area contributed by atoms with Gasteiger partial charge < -0.3 is 10.0 Å². The van der Waals surface area contributed by atoms with E-state index in [2.05, 4.69) is 13.0 Å². The number of carbonyl (C=O) groups excluding carboxylic acids is 1. The van der Waals surface area contributed by atoms with Crippen LogP contribution >= 0.6 is 0 Å². The lowest BCUT2D eigenvalue weighted by Gasteiger charge is -2.26. The van der Waals surface area contributed by atoms with E-state index in [1.165, 1.54) is 5.56 Å². The van der Waals surface area contributed by atoms with Crippen molar-refractivity contribution in [3.8, 4) is 0 Å². The Bertz CT molecular complexity index is 416. The van der Waals surface area contributed by atoms with Crippen LogP contribution in [0, 0.1) is 5.92 Å². The van der Waals surface area contributed by atoms with Crippen molar-refractivity contribution in [1.82, 2.24) is 0 Å². The average Bonchev–Trinajstić information content (AvgIpc) is 2.64. The maximum Gasteiger partial charge on any atom is 0.227 e. The molecule has 0 aromatic heterocycles. The van der Waals surface area contributed by atoms with Gasteiger partial charge in [-0.05, 0) is 25.0 Å². The van der Waals surface area contributed by atoms with Crippen LogP contribution in [0.15, 0.2) is 24.3 Å². The first-order valence-electron chi connectivity index (χ1n) is 6.19. The molecule has 0 radical (unpaired) electrons. The van der Waals surface area contributed by atoms with Gasteiger partial charge in [-0.3, -0.25) is 4.79 Å². The van der Waals surface area contributed by atoms with Crippen LogP contribution in [0.4, 0.5) is 5.69 Å². The maximum atomic E-state index is 12.0. The fourth-order valence-electron chi connectivity index (χ4n) is 2.55. The molecule has 1 fully saturated rings. The number of para-hydroxylation sites is 1. The van der Waals surface area contributed by atoms with E-state index in [1.807, 2.05) is 30.0 Å². The summed E-state index contributed by atoms with van der Waals surface area (Å²) < 4.78 is 0. The van der Waals surface area contributed by atoms with Gasteiger partial charge in [0.1, 0.15) is 0 Å². The molecular weight excluding hydrogens is 214 g/mol. The summed E-state index contributed by atoms with van der Waals surface area (Å²) in [6.07, 6.45) is 1.37. The molecular formula is C14H19NO2. The van der Waals surface area contributed by atoms with Crippen LogP contribution in [-0.4, -0.2) is 23.7 Å². The van der Waals surface area contributed by atoms with Gasteiger partial charge in [0.15, 0.2) is 0 Å². The van der Waals surface area contributed by atoms with Crippen molar-refractivity contribution in [3.63, 3.8) is 0 Å². The number of hydrogen-bond acceptors (Lipinski definition) is 2. The molecule has 3 nitrogen and oxygen atoms in total. The molecule has 1 aromatic rings. The molecule has 0 aliphatic carbocycles. The molecule has 0 saturated carbocycles. The number of anilines is 1. The van der Waals surface area contributed by atoms with Crippen molar-refractivity contribution < 1.29 is 9.90 Å². The van der Waals surface area contributed by atoms with E-state index < -0.39 is 0 Å². The smallest absolute Gasteiger partial charge is 0.227 e. The SMILES string of the molecule is CCc1ccccc1N1C(=O)CC(CO)C1C.